The Bertz CT molecular complexity index is 775. The normalized spacial score (nSPS) is 43.3. The van der Waals surface area contributed by atoms with E-state index in [0.717, 1.165) is 6.42 Å². The van der Waals surface area contributed by atoms with Crippen LogP contribution in [0.15, 0.2) is 0 Å². The van der Waals surface area contributed by atoms with Gasteiger partial charge in [-0.2, -0.15) is 0 Å². The van der Waals surface area contributed by atoms with Gasteiger partial charge in [0.2, 0.25) is 0 Å². The first kappa shape index (κ1) is 26.1. The molecule has 7 heteroatoms. The number of ether oxygens (including phenoxy) is 3. The summed E-state index contributed by atoms with van der Waals surface area (Å²) in [5.41, 5.74) is -3.28. The van der Waals surface area contributed by atoms with E-state index in [0.29, 0.717) is 32.1 Å². The molecule has 33 heavy (non-hydrogen) atoms. The predicted octanol–water partition coefficient (Wildman–Crippen LogP) is 3.98. The van der Waals surface area contributed by atoms with Crippen LogP contribution in [-0.2, 0) is 28.6 Å². The molecule has 2 aliphatic heterocycles. The van der Waals surface area contributed by atoms with Gasteiger partial charge in [0.1, 0.15) is 23.1 Å². The molecule has 0 unspecified atom stereocenters. The number of fused-ring (bicyclic) bond motifs is 4. The van der Waals surface area contributed by atoms with Crippen molar-refractivity contribution in [3.05, 3.63) is 0 Å². The second-order valence-corrected chi connectivity index (χ2v) is 11.5. The molecule has 0 aromatic rings. The zero-order valence-corrected chi connectivity index (χ0v) is 21.3. The highest BCUT2D eigenvalue weighted by molar-refractivity contribution is 5.84. The van der Waals surface area contributed by atoms with Crippen molar-refractivity contribution in [1.29, 1.82) is 0 Å². The molecule has 0 amide bonds. The van der Waals surface area contributed by atoms with E-state index < -0.39 is 40.9 Å². The van der Waals surface area contributed by atoms with Crippen LogP contribution in [-0.4, -0.2) is 51.8 Å². The summed E-state index contributed by atoms with van der Waals surface area (Å²) in [6, 6.07) is 0. The minimum Gasteiger partial charge on any atom is -0.459 e. The molecule has 3 fully saturated rings. The lowest BCUT2D eigenvalue weighted by Crippen LogP contribution is -2.67. The monoisotopic (exact) mass is 466 g/mol. The SMILES string of the molecule is CCCC(=O)O[C@]1(C)CC[C@H]2O[C@@H]1[C@@H]1[C@@H](C(C)C)CC[C@@](C)(OC(C)=O)[C@@H]1C(=O)C[C@@]2(C)O. The van der Waals surface area contributed by atoms with E-state index in [1.807, 2.05) is 20.8 Å². The van der Waals surface area contributed by atoms with Crippen molar-refractivity contribution in [3.63, 3.8) is 0 Å². The number of esters is 2. The molecule has 0 radical (unpaired) electrons. The summed E-state index contributed by atoms with van der Waals surface area (Å²) < 4.78 is 18.5. The maximum atomic E-state index is 13.8. The molecule has 2 saturated heterocycles. The van der Waals surface area contributed by atoms with Crippen molar-refractivity contribution in [2.45, 2.75) is 122 Å². The van der Waals surface area contributed by atoms with Crippen LogP contribution in [0.1, 0.15) is 93.4 Å². The molecule has 0 spiro atoms. The van der Waals surface area contributed by atoms with E-state index in [1.165, 1.54) is 6.92 Å². The van der Waals surface area contributed by atoms with Crippen LogP contribution in [0.4, 0.5) is 0 Å². The van der Waals surface area contributed by atoms with E-state index in [1.54, 1.807) is 6.92 Å². The quantitative estimate of drug-likeness (QED) is 0.612. The second-order valence-electron chi connectivity index (χ2n) is 11.5. The van der Waals surface area contributed by atoms with E-state index in [9.17, 15) is 19.5 Å². The lowest BCUT2D eigenvalue weighted by Gasteiger charge is -2.58. The van der Waals surface area contributed by atoms with E-state index >= 15 is 0 Å². The summed E-state index contributed by atoms with van der Waals surface area (Å²) in [5.74, 6) is -1.39. The first-order chi connectivity index (χ1) is 15.2. The molecule has 0 aromatic carbocycles. The first-order valence-corrected chi connectivity index (χ1v) is 12.6. The van der Waals surface area contributed by atoms with Gasteiger partial charge in [-0.15, -0.1) is 0 Å². The van der Waals surface area contributed by atoms with Gasteiger partial charge in [-0.05, 0) is 64.7 Å². The molecule has 1 saturated carbocycles. The number of rotatable bonds is 5. The first-order valence-electron chi connectivity index (χ1n) is 12.6. The van der Waals surface area contributed by atoms with Crippen molar-refractivity contribution in [2.24, 2.45) is 23.7 Å². The van der Waals surface area contributed by atoms with E-state index in [-0.39, 0.29) is 35.9 Å². The summed E-state index contributed by atoms with van der Waals surface area (Å²) in [7, 11) is 0. The molecule has 2 bridgehead atoms. The maximum Gasteiger partial charge on any atom is 0.306 e. The van der Waals surface area contributed by atoms with Gasteiger partial charge in [-0.1, -0.05) is 20.8 Å². The van der Waals surface area contributed by atoms with Crippen LogP contribution in [0.3, 0.4) is 0 Å². The Morgan fingerprint density at radius 2 is 1.76 bits per heavy atom. The minimum absolute atomic E-state index is 0.0560. The Kier molecular flexibility index (Phi) is 7.36. The zero-order chi connectivity index (χ0) is 24.8. The van der Waals surface area contributed by atoms with Gasteiger partial charge >= 0.3 is 11.9 Å². The predicted molar refractivity (Wildman–Crippen MR) is 122 cm³/mol. The Balaban J connectivity index is 2.15. The number of carbonyl (C=O) groups is 3. The van der Waals surface area contributed by atoms with Crippen molar-refractivity contribution < 1.29 is 33.7 Å². The third-order valence-corrected chi connectivity index (χ3v) is 8.28. The summed E-state index contributed by atoms with van der Waals surface area (Å²) in [4.78, 5) is 38.5. The van der Waals surface area contributed by atoms with Gasteiger partial charge in [-0.3, -0.25) is 14.4 Å². The Morgan fingerprint density at radius 1 is 1.12 bits per heavy atom. The molecule has 1 N–H and O–H groups in total. The highest BCUT2D eigenvalue weighted by Gasteiger charge is 2.63. The molecular weight excluding hydrogens is 424 g/mol. The summed E-state index contributed by atoms with van der Waals surface area (Å²) in [5, 5.41) is 11.3. The molecule has 8 atom stereocenters. The van der Waals surface area contributed by atoms with Gasteiger partial charge in [0, 0.05) is 25.7 Å². The van der Waals surface area contributed by atoms with Crippen molar-refractivity contribution in [1.82, 2.24) is 0 Å². The van der Waals surface area contributed by atoms with Gasteiger partial charge in [0.05, 0.1) is 17.6 Å². The zero-order valence-electron chi connectivity index (χ0n) is 21.3. The fraction of sp³-hybridized carbons (Fsp3) is 0.885. The fourth-order valence-corrected chi connectivity index (χ4v) is 6.74. The highest BCUT2D eigenvalue weighted by atomic mass is 16.6. The number of hydrogen-bond acceptors (Lipinski definition) is 7. The summed E-state index contributed by atoms with van der Waals surface area (Å²) in [6.45, 7) is 12.9. The molecule has 1 aliphatic carbocycles. The van der Waals surface area contributed by atoms with Gasteiger partial charge in [0.25, 0.3) is 0 Å². The Labute approximate surface area is 197 Å². The number of ketones is 1. The molecular formula is C26H42O7. The fourth-order valence-electron chi connectivity index (χ4n) is 6.74. The van der Waals surface area contributed by atoms with Crippen LogP contribution in [0.5, 0.6) is 0 Å². The summed E-state index contributed by atoms with van der Waals surface area (Å²) >= 11 is 0. The molecule has 3 aliphatic rings. The average molecular weight is 467 g/mol. The number of hydrogen-bond donors (Lipinski definition) is 1. The molecule has 3 rings (SSSR count). The standard InChI is InChI=1S/C26H42O7/c1-8-9-20(29)33-26(7)13-11-19-24(5,30)14-18(28)22-21(23(26)31-19)17(15(2)3)10-12-25(22,6)32-16(4)27/h15,17,19,21-23,30H,8-14H2,1-7H3/t17-,19-,21-,22-,23-,24-,25-,26-/m1/s1. The average Bonchev–Trinajstić information content (AvgIpc) is 2.65. The van der Waals surface area contributed by atoms with Gasteiger partial charge < -0.3 is 19.3 Å². The molecule has 7 nitrogen and oxygen atoms in total. The van der Waals surface area contributed by atoms with Crippen LogP contribution in [0.2, 0.25) is 0 Å². The molecule has 188 valence electrons. The molecule has 0 aromatic heterocycles. The number of aliphatic hydroxyl groups is 1. The van der Waals surface area contributed by atoms with E-state index in [2.05, 4.69) is 13.8 Å². The third kappa shape index (κ3) is 5.00. The third-order valence-electron chi connectivity index (χ3n) is 8.28. The van der Waals surface area contributed by atoms with Crippen LogP contribution in [0.25, 0.3) is 0 Å². The van der Waals surface area contributed by atoms with Crippen LogP contribution in [0, 0.1) is 23.7 Å². The largest absolute Gasteiger partial charge is 0.459 e. The number of Topliss-reactive ketones (excluding diaryl/α,β-unsaturated/α-hetero) is 1. The van der Waals surface area contributed by atoms with Crippen LogP contribution < -0.4 is 0 Å². The lowest BCUT2D eigenvalue weighted by atomic mass is 9.55. The van der Waals surface area contributed by atoms with Gasteiger partial charge in [-0.25, -0.2) is 0 Å². The second kappa shape index (κ2) is 9.29. The lowest BCUT2D eigenvalue weighted by molar-refractivity contribution is -0.269. The van der Waals surface area contributed by atoms with Crippen LogP contribution >= 0.6 is 0 Å². The topological polar surface area (TPSA) is 99.1 Å². The van der Waals surface area contributed by atoms with Crippen molar-refractivity contribution >= 4 is 17.7 Å². The smallest absolute Gasteiger partial charge is 0.306 e. The molecule has 2 heterocycles. The van der Waals surface area contributed by atoms with Crippen molar-refractivity contribution in [2.75, 3.05) is 0 Å². The van der Waals surface area contributed by atoms with Crippen molar-refractivity contribution in [3.8, 4) is 0 Å². The maximum absolute atomic E-state index is 13.8. The Morgan fingerprint density at radius 3 is 2.33 bits per heavy atom. The number of carbonyl (C=O) groups excluding carboxylic acids is 3. The van der Waals surface area contributed by atoms with Gasteiger partial charge in [0.15, 0.2) is 0 Å². The summed E-state index contributed by atoms with van der Waals surface area (Å²) in [6.07, 6.45) is 2.21. The van der Waals surface area contributed by atoms with E-state index in [4.69, 9.17) is 14.2 Å². The Hall–Kier alpha value is -1.47. The minimum atomic E-state index is -1.35. The highest BCUT2D eigenvalue weighted by Crippen LogP contribution is 2.55.